The lowest BCUT2D eigenvalue weighted by Crippen LogP contribution is -2.38. The second-order valence-corrected chi connectivity index (χ2v) is 6.21. The molecule has 20 heavy (non-hydrogen) atoms. The number of aromatic nitrogens is 1. The Morgan fingerprint density at radius 1 is 1.40 bits per heavy atom. The van der Waals surface area contributed by atoms with E-state index in [2.05, 4.69) is 5.16 Å². The first kappa shape index (κ1) is 13.4. The third-order valence-corrected chi connectivity index (χ3v) is 4.82. The highest BCUT2D eigenvalue weighted by Gasteiger charge is 2.25. The summed E-state index contributed by atoms with van der Waals surface area (Å²) in [4.78, 5) is 15.3. The first-order valence-electron chi connectivity index (χ1n) is 7.03. The normalized spacial score (nSPS) is 16.2. The molecule has 1 saturated carbocycles. The highest BCUT2D eigenvalue weighted by Crippen LogP contribution is 2.27. The van der Waals surface area contributed by atoms with E-state index in [4.69, 9.17) is 4.52 Å². The van der Waals surface area contributed by atoms with E-state index in [1.165, 1.54) is 19.3 Å². The SMILES string of the molecule is CN(C(=O)c1cc(-c2cccs2)on1)C1CCCCC1. The molecule has 4 nitrogen and oxygen atoms in total. The van der Waals surface area contributed by atoms with Crippen molar-refractivity contribution in [1.29, 1.82) is 0 Å². The number of rotatable bonds is 3. The molecule has 0 aliphatic heterocycles. The number of nitrogens with zero attached hydrogens (tertiary/aromatic N) is 2. The van der Waals surface area contributed by atoms with Crippen molar-refractivity contribution in [3.8, 4) is 10.6 Å². The van der Waals surface area contributed by atoms with Gasteiger partial charge in [0.05, 0.1) is 4.88 Å². The molecule has 5 heteroatoms. The molecule has 1 amide bonds. The summed E-state index contributed by atoms with van der Waals surface area (Å²) in [6.45, 7) is 0. The molecule has 1 aliphatic carbocycles. The van der Waals surface area contributed by atoms with Gasteiger partial charge in [0.15, 0.2) is 11.5 Å². The van der Waals surface area contributed by atoms with Crippen molar-refractivity contribution in [1.82, 2.24) is 10.1 Å². The zero-order valence-corrected chi connectivity index (χ0v) is 12.4. The molecule has 0 unspecified atom stereocenters. The maximum absolute atomic E-state index is 12.4. The Hall–Kier alpha value is -1.62. The fourth-order valence-electron chi connectivity index (χ4n) is 2.73. The van der Waals surface area contributed by atoms with Gasteiger partial charge < -0.3 is 9.42 Å². The first-order valence-corrected chi connectivity index (χ1v) is 7.91. The molecule has 0 N–H and O–H groups in total. The molecular weight excluding hydrogens is 272 g/mol. The van der Waals surface area contributed by atoms with Crippen LogP contribution < -0.4 is 0 Å². The van der Waals surface area contributed by atoms with Gasteiger partial charge in [-0.25, -0.2) is 0 Å². The van der Waals surface area contributed by atoms with Gasteiger partial charge in [-0.1, -0.05) is 30.5 Å². The number of hydrogen-bond donors (Lipinski definition) is 0. The van der Waals surface area contributed by atoms with Crippen LogP contribution in [0.2, 0.25) is 0 Å². The Morgan fingerprint density at radius 3 is 2.90 bits per heavy atom. The smallest absolute Gasteiger partial charge is 0.276 e. The van der Waals surface area contributed by atoms with Crippen LogP contribution in [-0.2, 0) is 0 Å². The van der Waals surface area contributed by atoms with E-state index < -0.39 is 0 Å². The minimum atomic E-state index is -0.0385. The van der Waals surface area contributed by atoms with Crippen LogP contribution in [0.1, 0.15) is 42.6 Å². The molecule has 3 rings (SSSR count). The van der Waals surface area contributed by atoms with Crippen LogP contribution in [0.25, 0.3) is 10.6 Å². The third-order valence-electron chi connectivity index (χ3n) is 3.94. The monoisotopic (exact) mass is 290 g/mol. The number of amides is 1. The summed E-state index contributed by atoms with van der Waals surface area (Å²) in [5.41, 5.74) is 0.404. The second-order valence-electron chi connectivity index (χ2n) is 5.26. The van der Waals surface area contributed by atoms with Gasteiger partial charge in [0.1, 0.15) is 0 Å². The lowest BCUT2D eigenvalue weighted by Gasteiger charge is -2.30. The molecule has 106 valence electrons. The summed E-state index contributed by atoms with van der Waals surface area (Å²) in [5.74, 6) is 0.629. The van der Waals surface area contributed by atoms with E-state index >= 15 is 0 Å². The number of hydrogen-bond acceptors (Lipinski definition) is 4. The number of carbonyl (C=O) groups excluding carboxylic acids is 1. The molecule has 0 saturated heterocycles. The zero-order valence-electron chi connectivity index (χ0n) is 11.5. The van der Waals surface area contributed by atoms with Crippen LogP contribution in [0.3, 0.4) is 0 Å². The van der Waals surface area contributed by atoms with Crippen LogP contribution in [-0.4, -0.2) is 29.1 Å². The maximum Gasteiger partial charge on any atom is 0.276 e. The Kier molecular flexibility index (Phi) is 3.87. The lowest BCUT2D eigenvalue weighted by atomic mass is 9.94. The average Bonchev–Trinajstić information content (AvgIpc) is 3.17. The van der Waals surface area contributed by atoms with Crippen LogP contribution in [0.5, 0.6) is 0 Å². The molecule has 2 aromatic heterocycles. The number of thiophene rings is 1. The van der Waals surface area contributed by atoms with E-state index in [-0.39, 0.29) is 5.91 Å². The van der Waals surface area contributed by atoms with Gasteiger partial charge >= 0.3 is 0 Å². The third kappa shape index (κ3) is 2.63. The zero-order chi connectivity index (χ0) is 13.9. The summed E-state index contributed by atoms with van der Waals surface area (Å²) in [7, 11) is 1.87. The summed E-state index contributed by atoms with van der Waals surface area (Å²) < 4.78 is 5.28. The van der Waals surface area contributed by atoms with Crippen molar-refractivity contribution in [3.05, 3.63) is 29.3 Å². The van der Waals surface area contributed by atoms with Gasteiger partial charge in [-0.3, -0.25) is 4.79 Å². The fourth-order valence-corrected chi connectivity index (χ4v) is 3.40. The fraction of sp³-hybridized carbons (Fsp3) is 0.467. The van der Waals surface area contributed by atoms with Gasteiger partial charge in [-0.15, -0.1) is 11.3 Å². The van der Waals surface area contributed by atoms with Crippen molar-refractivity contribution in [2.75, 3.05) is 7.05 Å². The van der Waals surface area contributed by atoms with Crippen molar-refractivity contribution in [3.63, 3.8) is 0 Å². The summed E-state index contributed by atoms with van der Waals surface area (Å²) in [6, 6.07) is 6.01. The Bertz CT molecular complexity index is 570. The molecule has 1 fully saturated rings. The molecule has 2 aromatic rings. The van der Waals surface area contributed by atoms with Crippen molar-refractivity contribution in [2.45, 2.75) is 38.1 Å². The summed E-state index contributed by atoms with van der Waals surface area (Å²) in [5, 5.41) is 5.91. The predicted molar refractivity (Wildman–Crippen MR) is 78.8 cm³/mol. The summed E-state index contributed by atoms with van der Waals surface area (Å²) >= 11 is 1.58. The molecular formula is C15H18N2O2S. The molecule has 2 heterocycles. The Balaban J connectivity index is 1.73. The highest BCUT2D eigenvalue weighted by atomic mass is 32.1. The quantitative estimate of drug-likeness (QED) is 0.863. The van der Waals surface area contributed by atoms with Crippen molar-refractivity contribution in [2.24, 2.45) is 0 Å². The van der Waals surface area contributed by atoms with Gasteiger partial charge in [0, 0.05) is 19.2 Å². The van der Waals surface area contributed by atoms with Crippen molar-refractivity contribution < 1.29 is 9.32 Å². The van der Waals surface area contributed by atoms with Crippen LogP contribution in [0, 0.1) is 0 Å². The Morgan fingerprint density at radius 2 is 2.20 bits per heavy atom. The van der Waals surface area contributed by atoms with Crippen molar-refractivity contribution >= 4 is 17.2 Å². The minimum Gasteiger partial charge on any atom is -0.355 e. The Labute approximate surface area is 122 Å². The average molecular weight is 290 g/mol. The van der Waals surface area contributed by atoms with E-state index in [9.17, 15) is 4.79 Å². The van der Waals surface area contributed by atoms with E-state index in [1.807, 2.05) is 29.5 Å². The predicted octanol–water partition coefficient (Wildman–Crippen LogP) is 3.81. The van der Waals surface area contributed by atoms with Gasteiger partial charge in [0.2, 0.25) is 0 Å². The van der Waals surface area contributed by atoms with Crippen LogP contribution >= 0.6 is 11.3 Å². The van der Waals surface area contributed by atoms with E-state index in [1.54, 1.807) is 17.4 Å². The molecule has 0 aromatic carbocycles. The number of carbonyl (C=O) groups is 1. The molecule has 0 radical (unpaired) electrons. The topological polar surface area (TPSA) is 46.3 Å². The molecule has 0 spiro atoms. The highest BCUT2D eigenvalue weighted by molar-refractivity contribution is 7.13. The minimum absolute atomic E-state index is 0.0385. The molecule has 0 bridgehead atoms. The molecule has 1 aliphatic rings. The van der Waals surface area contributed by atoms with Gasteiger partial charge in [0.25, 0.3) is 5.91 Å². The first-order chi connectivity index (χ1) is 9.75. The van der Waals surface area contributed by atoms with Crippen LogP contribution in [0.4, 0.5) is 0 Å². The molecule has 0 atom stereocenters. The van der Waals surface area contributed by atoms with Crippen LogP contribution in [0.15, 0.2) is 28.1 Å². The summed E-state index contributed by atoms with van der Waals surface area (Å²) in [6.07, 6.45) is 5.89. The van der Waals surface area contributed by atoms with Gasteiger partial charge in [-0.2, -0.15) is 0 Å². The van der Waals surface area contributed by atoms with Gasteiger partial charge in [-0.05, 0) is 24.3 Å². The standard InChI is InChI=1S/C15H18N2O2S/c1-17(11-6-3-2-4-7-11)15(18)12-10-13(19-16-12)14-8-5-9-20-14/h5,8-11H,2-4,6-7H2,1H3. The van der Waals surface area contributed by atoms with E-state index in [0.717, 1.165) is 17.7 Å². The maximum atomic E-state index is 12.4. The lowest BCUT2D eigenvalue weighted by molar-refractivity contribution is 0.0686. The van der Waals surface area contributed by atoms with E-state index in [0.29, 0.717) is 17.5 Å². The second kappa shape index (κ2) is 5.79. The largest absolute Gasteiger partial charge is 0.355 e.